The molecule has 2 aromatic rings. The van der Waals surface area contributed by atoms with E-state index in [2.05, 4.69) is 17.6 Å². The van der Waals surface area contributed by atoms with E-state index >= 15 is 0 Å². The molecule has 0 saturated heterocycles. The number of hydrogen-bond acceptors (Lipinski definition) is 3. The van der Waals surface area contributed by atoms with Crippen molar-refractivity contribution in [1.82, 2.24) is 9.55 Å². The molecule has 0 atom stereocenters. The summed E-state index contributed by atoms with van der Waals surface area (Å²) in [5.74, 6) is 0.705. The first-order valence-corrected chi connectivity index (χ1v) is 5.41. The average Bonchev–Trinajstić information content (AvgIpc) is 2.60. The summed E-state index contributed by atoms with van der Waals surface area (Å²) < 4.78 is 1.93. The van der Waals surface area contributed by atoms with Gasteiger partial charge in [0.15, 0.2) is 5.78 Å². The molecule has 0 fully saturated rings. The number of carbonyl (C=O) groups is 1. The summed E-state index contributed by atoms with van der Waals surface area (Å²) in [4.78, 5) is 15.8. The maximum Gasteiger partial charge on any atom is 0.163 e. The third kappa shape index (κ3) is 1.90. The predicted octanol–water partition coefficient (Wildman–Crippen LogP) is 2.08. The highest BCUT2D eigenvalue weighted by atomic mass is 32.1. The van der Waals surface area contributed by atoms with E-state index < -0.39 is 0 Å². The van der Waals surface area contributed by atoms with Crippen LogP contribution in [0.2, 0.25) is 0 Å². The van der Waals surface area contributed by atoms with Gasteiger partial charge in [0.25, 0.3) is 0 Å². The first-order chi connectivity index (χ1) is 7.22. The number of aromatic nitrogens is 2. The Bertz CT molecular complexity index is 504. The molecule has 0 aliphatic rings. The average molecular weight is 220 g/mol. The number of fused-ring (bicyclic) bond motifs is 1. The van der Waals surface area contributed by atoms with Gasteiger partial charge in [0, 0.05) is 19.0 Å². The zero-order valence-corrected chi connectivity index (χ0v) is 9.37. The Morgan fingerprint density at radius 2 is 2.33 bits per heavy atom. The van der Waals surface area contributed by atoms with Crippen LogP contribution in [0.4, 0.5) is 0 Å². The highest BCUT2D eigenvalue weighted by Gasteiger charge is 2.07. The summed E-state index contributed by atoms with van der Waals surface area (Å²) in [5, 5.41) is 0. The maximum absolute atomic E-state index is 11.6. The number of carbonyl (C=O) groups excluding carboxylic acids is 1. The highest BCUT2D eigenvalue weighted by Crippen LogP contribution is 2.15. The molecule has 3 nitrogen and oxygen atoms in total. The van der Waals surface area contributed by atoms with Crippen LogP contribution in [0.5, 0.6) is 0 Å². The molecule has 0 amide bonds. The van der Waals surface area contributed by atoms with Crippen molar-refractivity contribution in [2.45, 2.75) is 6.42 Å². The van der Waals surface area contributed by atoms with Gasteiger partial charge in [-0.15, -0.1) is 0 Å². The fraction of sp³-hybridized carbons (Fsp3) is 0.273. The van der Waals surface area contributed by atoms with Gasteiger partial charge in [0.05, 0.1) is 17.4 Å². The summed E-state index contributed by atoms with van der Waals surface area (Å²) in [6, 6.07) is 5.60. The lowest BCUT2D eigenvalue weighted by Crippen LogP contribution is -1.99. The first kappa shape index (κ1) is 10.2. The van der Waals surface area contributed by atoms with Crippen molar-refractivity contribution in [3.05, 3.63) is 30.1 Å². The second kappa shape index (κ2) is 4.06. The highest BCUT2D eigenvalue weighted by molar-refractivity contribution is 7.80. The minimum absolute atomic E-state index is 0.123. The fourth-order valence-corrected chi connectivity index (χ4v) is 1.76. The van der Waals surface area contributed by atoms with E-state index in [0.29, 0.717) is 12.2 Å². The molecule has 0 aliphatic carbocycles. The predicted molar refractivity (Wildman–Crippen MR) is 63.5 cm³/mol. The molecule has 0 radical (unpaired) electrons. The van der Waals surface area contributed by atoms with E-state index in [0.717, 1.165) is 16.6 Å². The first-order valence-electron chi connectivity index (χ1n) is 4.77. The lowest BCUT2D eigenvalue weighted by atomic mass is 10.1. The molecule has 0 aliphatic heterocycles. The van der Waals surface area contributed by atoms with Crippen molar-refractivity contribution < 1.29 is 4.79 Å². The Kier molecular flexibility index (Phi) is 2.77. The zero-order valence-electron chi connectivity index (χ0n) is 8.47. The van der Waals surface area contributed by atoms with E-state index in [1.165, 1.54) is 0 Å². The van der Waals surface area contributed by atoms with Crippen molar-refractivity contribution in [2.24, 2.45) is 7.05 Å². The Morgan fingerprint density at radius 3 is 3.07 bits per heavy atom. The molecule has 0 bridgehead atoms. The molecule has 0 saturated carbocycles. The number of ketones is 1. The second-order valence-corrected chi connectivity index (χ2v) is 3.90. The molecule has 1 aromatic heterocycles. The lowest BCUT2D eigenvalue weighted by Gasteiger charge is -1.99. The molecule has 2 rings (SSSR count). The monoisotopic (exact) mass is 220 g/mol. The molecule has 0 N–H and O–H groups in total. The molecule has 78 valence electrons. The van der Waals surface area contributed by atoms with Gasteiger partial charge in [0.1, 0.15) is 0 Å². The van der Waals surface area contributed by atoms with E-state index in [9.17, 15) is 4.79 Å². The van der Waals surface area contributed by atoms with Gasteiger partial charge in [-0.25, -0.2) is 4.98 Å². The van der Waals surface area contributed by atoms with Gasteiger partial charge in [-0.3, -0.25) is 4.79 Å². The molecule has 0 unspecified atom stereocenters. The molecule has 4 heteroatoms. The van der Waals surface area contributed by atoms with E-state index in [1.807, 2.05) is 29.8 Å². The standard InChI is InChI=1S/C11H12N2OS/c1-13-7-12-9-6-8(2-3-10(9)13)11(14)4-5-15/h2-3,6-7,15H,4-5H2,1H3. The summed E-state index contributed by atoms with van der Waals surface area (Å²) in [5.41, 5.74) is 2.62. The quantitative estimate of drug-likeness (QED) is 0.635. The number of benzene rings is 1. The Hall–Kier alpha value is -1.29. The number of imidazole rings is 1. The van der Waals surface area contributed by atoms with Crippen LogP contribution in [0.3, 0.4) is 0 Å². The normalized spacial score (nSPS) is 10.8. The minimum Gasteiger partial charge on any atom is -0.334 e. The Balaban J connectivity index is 2.43. The van der Waals surface area contributed by atoms with E-state index in [1.54, 1.807) is 6.33 Å². The SMILES string of the molecule is Cn1cnc2cc(C(=O)CCS)ccc21. The van der Waals surface area contributed by atoms with Crippen LogP contribution in [0.15, 0.2) is 24.5 Å². The van der Waals surface area contributed by atoms with Crippen molar-refractivity contribution in [1.29, 1.82) is 0 Å². The summed E-state index contributed by atoms with van der Waals surface area (Å²) in [6.07, 6.45) is 2.22. The van der Waals surface area contributed by atoms with E-state index in [4.69, 9.17) is 0 Å². The summed E-state index contributed by atoms with van der Waals surface area (Å²) in [6.45, 7) is 0. The third-order valence-electron chi connectivity index (χ3n) is 2.39. The van der Waals surface area contributed by atoms with Gasteiger partial charge >= 0.3 is 0 Å². The van der Waals surface area contributed by atoms with E-state index in [-0.39, 0.29) is 5.78 Å². The molecule has 1 aromatic carbocycles. The van der Waals surface area contributed by atoms with Crippen molar-refractivity contribution in [3.8, 4) is 0 Å². The number of aryl methyl sites for hydroxylation is 1. The Labute approximate surface area is 93.5 Å². The molecule has 1 heterocycles. The minimum atomic E-state index is 0.123. The molecular formula is C11H12N2OS. The fourth-order valence-electron chi connectivity index (χ4n) is 1.56. The van der Waals surface area contributed by atoms with Crippen LogP contribution in [0.25, 0.3) is 11.0 Å². The number of nitrogens with zero attached hydrogens (tertiary/aromatic N) is 2. The summed E-state index contributed by atoms with van der Waals surface area (Å²) in [7, 11) is 1.94. The van der Waals surface area contributed by atoms with Crippen LogP contribution in [0, 0.1) is 0 Å². The Morgan fingerprint density at radius 1 is 1.53 bits per heavy atom. The second-order valence-electron chi connectivity index (χ2n) is 3.46. The number of Topliss-reactive ketones (excluding diaryl/α,β-unsaturated/α-hetero) is 1. The smallest absolute Gasteiger partial charge is 0.163 e. The summed E-state index contributed by atoms with van der Waals surface area (Å²) >= 11 is 4.05. The van der Waals surface area contributed by atoms with Gasteiger partial charge in [0.2, 0.25) is 0 Å². The molecule has 15 heavy (non-hydrogen) atoms. The number of thiol groups is 1. The third-order valence-corrected chi connectivity index (χ3v) is 2.61. The lowest BCUT2D eigenvalue weighted by molar-refractivity contribution is 0.0990. The van der Waals surface area contributed by atoms with Crippen molar-refractivity contribution in [3.63, 3.8) is 0 Å². The van der Waals surface area contributed by atoms with Gasteiger partial charge < -0.3 is 4.57 Å². The molecular weight excluding hydrogens is 208 g/mol. The number of rotatable bonds is 3. The zero-order chi connectivity index (χ0) is 10.8. The van der Waals surface area contributed by atoms with Gasteiger partial charge in [-0.1, -0.05) is 0 Å². The van der Waals surface area contributed by atoms with Gasteiger partial charge in [-0.05, 0) is 24.0 Å². The van der Waals surface area contributed by atoms with Crippen LogP contribution >= 0.6 is 12.6 Å². The van der Waals surface area contributed by atoms with Crippen LogP contribution < -0.4 is 0 Å². The van der Waals surface area contributed by atoms with Crippen molar-refractivity contribution in [2.75, 3.05) is 5.75 Å². The van der Waals surface area contributed by atoms with Crippen LogP contribution in [-0.4, -0.2) is 21.1 Å². The maximum atomic E-state index is 11.6. The van der Waals surface area contributed by atoms with Crippen LogP contribution in [-0.2, 0) is 7.05 Å². The van der Waals surface area contributed by atoms with Crippen LogP contribution in [0.1, 0.15) is 16.8 Å². The largest absolute Gasteiger partial charge is 0.334 e. The van der Waals surface area contributed by atoms with Gasteiger partial charge in [-0.2, -0.15) is 12.6 Å². The van der Waals surface area contributed by atoms with Crippen molar-refractivity contribution >= 4 is 29.4 Å². The molecule has 0 spiro atoms. The topological polar surface area (TPSA) is 34.9 Å². The number of hydrogen-bond donors (Lipinski definition) is 1.